The molecule has 0 aliphatic heterocycles. The molecule has 0 saturated carbocycles. The van der Waals surface area contributed by atoms with Gasteiger partial charge in [-0.15, -0.1) is 11.3 Å². The fourth-order valence-electron chi connectivity index (χ4n) is 1.04. The first-order chi connectivity index (χ1) is 6.09. The van der Waals surface area contributed by atoms with Gasteiger partial charge in [0.05, 0.1) is 5.01 Å². The van der Waals surface area contributed by atoms with Crippen LogP contribution >= 0.6 is 11.3 Å². The molecule has 1 rings (SSSR count). The summed E-state index contributed by atoms with van der Waals surface area (Å²) in [6, 6.07) is 0. The van der Waals surface area contributed by atoms with Crippen molar-refractivity contribution in [1.29, 1.82) is 0 Å². The van der Waals surface area contributed by atoms with Gasteiger partial charge < -0.3 is 0 Å². The van der Waals surface area contributed by atoms with E-state index in [2.05, 4.69) is 4.98 Å². The summed E-state index contributed by atoms with van der Waals surface area (Å²) < 4.78 is 0. The minimum Gasteiger partial charge on any atom is -0.299 e. The molecule has 1 aromatic heterocycles. The number of ketones is 1. The molecule has 0 unspecified atom stereocenters. The summed E-state index contributed by atoms with van der Waals surface area (Å²) >= 11 is 1.64. The Bertz CT molecular complexity index is 291. The maximum Gasteiger partial charge on any atom is 0.135 e. The molecule has 3 heteroatoms. The lowest BCUT2D eigenvalue weighted by molar-refractivity contribution is -0.121. The summed E-state index contributed by atoms with van der Waals surface area (Å²) in [5.41, 5.74) is 1.05. The average Bonchev–Trinajstić information content (AvgIpc) is 2.47. The molecule has 0 N–H and O–H groups in total. The number of rotatable bonds is 4. The topological polar surface area (TPSA) is 30.0 Å². The number of thiazole rings is 1. The predicted octanol–water partition coefficient (Wildman–Crippen LogP) is 2.61. The van der Waals surface area contributed by atoms with Gasteiger partial charge in [0.2, 0.25) is 0 Å². The third-order valence-corrected chi connectivity index (χ3v) is 2.92. The van der Waals surface area contributed by atoms with E-state index in [0.717, 1.165) is 17.1 Å². The van der Waals surface area contributed by atoms with Crippen LogP contribution < -0.4 is 0 Å². The zero-order valence-corrected chi connectivity index (χ0v) is 9.15. The van der Waals surface area contributed by atoms with E-state index >= 15 is 0 Å². The molecule has 13 heavy (non-hydrogen) atoms. The van der Waals surface area contributed by atoms with E-state index in [1.165, 1.54) is 0 Å². The molecule has 0 spiro atoms. The molecule has 0 aliphatic carbocycles. The van der Waals surface area contributed by atoms with Gasteiger partial charge in [0, 0.05) is 29.8 Å². The number of aromatic nitrogens is 1. The second kappa shape index (κ2) is 4.51. The smallest absolute Gasteiger partial charge is 0.135 e. The summed E-state index contributed by atoms with van der Waals surface area (Å²) in [6.45, 7) is 5.86. The summed E-state index contributed by atoms with van der Waals surface area (Å²) in [7, 11) is 0. The van der Waals surface area contributed by atoms with Crippen molar-refractivity contribution in [3.63, 3.8) is 0 Å². The van der Waals surface area contributed by atoms with Crippen molar-refractivity contribution in [3.05, 3.63) is 16.1 Å². The number of hydrogen-bond donors (Lipinski definition) is 0. The lowest BCUT2D eigenvalue weighted by Crippen LogP contribution is -2.07. The van der Waals surface area contributed by atoms with Crippen LogP contribution in [-0.2, 0) is 11.2 Å². The molecule has 0 bridgehead atoms. The summed E-state index contributed by atoms with van der Waals surface area (Å²) in [5.74, 6) is 0.480. The first kappa shape index (κ1) is 10.4. The molecule has 1 aromatic rings. The Morgan fingerprint density at radius 2 is 2.31 bits per heavy atom. The van der Waals surface area contributed by atoms with Crippen LogP contribution in [0.1, 0.15) is 31.0 Å². The van der Waals surface area contributed by atoms with Gasteiger partial charge in [0.15, 0.2) is 0 Å². The van der Waals surface area contributed by atoms with E-state index in [0.29, 0.717) is 12.2 Å². The van der Waals surface area contributed by atoms with Crippen LogP contribution in [0, 0.1) is 12.8 Å². The molecule has 0 fully saturated rings. The number of Topliss-reactive ketones (excluding diaryl/α,β-unsaturated/α-hetero) is 1. The van der Waals surface area contributed by atoms with E-state index in [4.69, 9.17) is 0 Å². The number of carbonyl (C=O) groups is 1. The standard InChI is InChI=1S/C10H15NOS/c1-7(2)9(12)4-5-10-11-8(3)6-13-10/h6-7H,4-5H2,1-3H3. The van der Waals surface area contributed by atoms with E-state index in [1.54, 1.807) is 11.3 Å². The van der Waals surface area contributed by atoms with Crippen molar-refractivity contribution in [2.75, 3.05) is 0 Å². The molecule has 0 aromatic carbocycles. The van der Waals surface area contributed by atoms with Crippen LogP contribution in [0.15, 0.2) is 5.38 Å². The average molecular weight is 197 g/mol. The lowest BCUT2D eigenvalue weighted by atomic mass is 10.1. The molecule has 0 radical (unpaired) electrons. The number of nitrogens with zero attached hydrogens (tertiary/aromatic N) is 1. The van der Waals surface area contributed by atoms with Crippen molar-refractivity contribution < 1.29 is 4.79 Å². The Hall–Kier alpha value is -0.700. The first-order valence-electron chi connectivity index (χ1n) is 4.53. The Morgan fingerprint density at radius 3 is 2.77 bits per heavy atom. The minimum atomic E-state index is 0.154. The van der Waals surface area contributed by atoms with Crippen molar-refractivity contribution in [2.45, 2.75) is 33.6 Å². The molecular formula is C10H15NOS. The van der Waals surface area contributed by atoms with Crippen LogP contribution in [0.4, 0.5) is 0 Å². The molecule has 1 heterocycles. The largest absolute Gasteiger partial charge is 0.299 e. The molecule has 0 saturated heterocycles. The monoisotopic (exact) mass is 197 g/mol. The number of hydrogen-bond acceptors (Lipinski definition) is 3. The molecular weight excluding hydrogens is 182 g/mol. The zero-order valence-electron chi connectivity index (χ0n) is 8.33. The third kappa shape index (κ3) is 3.27. The maximum atomic E-state index is 11.3. The zero-order chi connectivity index (χ0) is 9.84. The van der Waals surface area contributed by atoms with E-state index in [1.807, 2.05) is 26.2 Å². The Morgan fingerprint density at radius 1 is 1.62 bits per heavy atom. The molecule has 72 valence electrons. The number of carbonyl (C=O) groups excluding carboxylic acids is 1. The van der Waals surface area contributed by atoms with Crippen LogP contribution in [0.3, 0.4) is 0 Å². The van der Waals surface area contributed by atoms with Gasteiger partial charge in [-0.05, 0) is 6.92 Å². The van der Waals surface area contributed by atoms with E-state index in [-0.39, 0.29) is 5.92 Å². The lowest BCUT2D eigenvalue weighted by Gasteiger charge is -2.01. The van der Waals surface area contributed by atoms with E-state index in [9.17, 15) is 4.79 Å². The summed E-state index contributed by atoms with van der Waals surface area (Å²) in [6.07, 6.45) is 1.43. The third-order valence-electron chi connectivity index (χ3n) is 1.90. The minimum absolute atomic E-state index is 0.154. The van der Waals surface area contributed by atoms with Crippen molar-refractivity contribution in [2.24, 2.45) is 5.92 Å². The van der Waals surface area contributed by atoms with Crippen molar-refractivity contribution in [3.8, 4) is 0 Å². The van der Waals surface area contributed by atoms with Gasteiger partial charge in [0.1, 0.15) is 5.78 Å². The Kier molecular flexibility index (Phi) is 3.60. The van der Waals surface area contributed by atoms with E-state index < -0.39 is 0 Å². The highest BCUT2D eigenvalue weighted by Gasteiger charge is 2.08. The van der Waals surface area contributed by atoms with Gasteiger partial charge in [-0.3, -0.25) is 4.79 Å². The van der Waals surface area contributed by atoms with Gasteiger partial charge in [0.25, 0.3) is 0 Å². The van der Waals surface area contributed by atoms with Gasteiger partial charge >= 0.3 is 0 Å². The van der Waals surface area contributed by atoms with Crippen LogP contribution in [-0.4, -0.2) is 10.8 Å². The highest BCUT2D eigenvalue weighted by atomic mass is 32.1. The number of aryl methyl sites for hydroxylation is 2. The molecule has 0 aliphatic rings. The van der Waals surface area contributed by atoms with Crippen LogP contribution in [0.25, 0.3) is 0 Å². The normalized spacial score (nSPS) is 10.8. The first-order valence-corrected chi connectivity index (χ1v) is 5.41. The second-order valence-corrected chi connectivity index (χ2v) is 4.45. The Labute approximate surface area is 83.0 Å². The van der Waals surface area contributed by atoms with Crippen LogP contribution in [0.2, 0.25) is 0 Å². The summed E-state index contributed by atoms with van der Waals surface area (Å²) in [5, 5.41) is 3.10. The predicted molar refractivity (Wildman–Crippen MR) is 55.0 cm³/mol. The van der Waals surface area contributed by atoms with Gasteiger partial charge in [-0.2, -0.15) is 0 Å². The quantitative estimate of drug-likeness (QED) is 0.742. The van der Waals surface area contributed by atoms with Crippen molar-refractivity contribution in [1.82, 2.24) is 4.98 Å². The molecule has 0 amide bonds. The maximum absolute atomic E-state index is 11.3. The highest BCUT2D eigenvalue weighted by Crippen LogP contribution is 2.12. The fourth-order valence-corrected chi connectivity index (χ4v) is 1.81. The second-order valence-electron chi connectivity index (χ2n) is 3.50. The highest BCUT2D eigenvalue weighted by molar-refractivity contribution is 7.09. The molecule has 0 atom stereocenters. The fraction of sp³-hybridized carbons (Fsp3) is 0.600. The molecule has 2 nitrogen and oxygen atoms in total. The SMILES string of the molecule is Cc1csc(CCC(=O)C(C)C)n1. The Balaban J connectivity index is 2.39. The van der Waals surface area contributed by atoms with Crippen LogP contribution in [0.5, 0.6) is 0 Å². The summed E-state index contributed by atoms with van der Waals surface area (Å²) in [4.78, 5) is 15.6. The van der Waals surface area contributed by atoms with Crippen molar-refractivity contribution >= 4 is 17.1 Å². The van der Waals surface area contributed by atoms with Gasteiger partial charge in [-0.1, -0.05) is 13.8 Å². The van der Waals surface area contributed by atoms with Gasteiger partial charge in [-0.25, -0.2) is 4.98 Å².